The van der Waals surface area contributed by atoms with Crippen molar-refractivity contribution in [2.24, 2.45) is 5.16 Å². The maximum absolute atomic E-state index is 11.0. The molecule has 4 nitrogen and oxygen atoms in total. The third-order valence-corrected chi connectivity index (χ3v) is 2.76. The summed E-state index contributed by atoms with van der Waals surface area (Å²) in [6, 6.07) is 3.31. The zero-order valence-corrected chi connectivity index (χ0v) is 10.6. The Balaban J connectivity index is 2.84. The molecule has 0 aliphatic rings. The van der Waals surface area contributed by atoms with E-state index >= 15 is 0 Å². The Morgan fingerprint density at radius 1 is 1.44 bits per heavy atom. The summed E-state index contributed by atoms with van der Waals surface area (Å²) in [5.74, 6) is -0.977. The highest BCUT2D eigenvalue weighted by Gasteiger charge is 2.17. The molecule has 1 heterocycles. The van der Waals surface area contributed by atoms with Crippen LogP contribution in [-0.4, -0.2) is 21.8 Å². The van der Waals surface area contributed by atoms with Gasteiger partial charge in [-0.3, -0.25) is 4.79 Å². The predicted octanol–water partition coefficient (Wildman–Crippen LogP) is 2.56. The average Bonchev–Trinajstić information content (AvgIpc) is 2.70. The number of oxime groups is 1. The van der Waals surface area contributed by atoms with Crippen molar-refractivity contribution in [2.75, 3.05) is 0 Å². The lowest BCUT2D eigenvalue weighted by Gasteiger charge is -1.99. The van der Waals surface area contributed by atoms with E-state index in [1.807, 2.05) is 0 Å². The van der Waals surface area contributed by atoms with Crippen LogP contribution in [0.4, 0.5) is 0 Å². The maximum Gasteiger partial charge on any atom is 0.367 e. The minimum absolute atomic E-state index is 0.168. The van der Waals surface area contributed by atoms with Gasteiger partial charge in [0.25, 0.3) is 5.24 Å². The first kappa shape index (κ1) is 13.4. The summed E-state index contributed by atoms with van der Waals surface area (Å²) in [4.78, 5) is 25.4. The Bertz CT molecular complexity index is 416. The maximum atomic E-state index is 11.0. The van der Waals surface area contributed by atoms with Crippen LogP contribution < -0.4 is 0 Å². The van der Waals surface area contributed by atoms with E-state index in [0.717, 1.165) is 0 Å². The summed E-state index contributed by atoms with van der Waals surface area (Å²) in [6.45, 7) is 0. The minimum atomic E-state index is -1.36. The fraction of sp³-hybridized carbons (Fsp3) is 0.125. The highest BCUT2D eigenvalue weighted by Crippen LogP contribution is 2.13. The van der Waals surface area contributed by atoms with Gasteiger partial charge in [0.15, 0.2) is 5.71 Å². The van der Waals surface area contributed by atoms with Crippen molar-refractivity contribution in [1.29, 1.82) is 0 Å². The van der Waals surface area contributed by atoms with Gasteiger partial charge in [-0.1, -0.05) is 34.4 Å². The van der Waals surface area contributed by atoms with E-state index < -0.39 is 16.0 Å². The van der Waals surface area contributed by atoms with Crippen LogP contribution in [0, 0.1) is 0 Å². The topological polar surface area (TPSA) is 55.7 Å². The van der Waals surface area contributed by atoms with Crippen LogP contribution in [0.15, 0.2) is 22.7 Å². The molecule has 0 atom stereocenters. The number of alkyl halides is 2. The second kappa shape index (κ2) is 6.20. The van der Waals surface area contributed by atoms with Crippen molar-refractivity contribution in [3.63, 3.8) is 0 Å². The van der Waals surface area contributed by atoms with Crippen LogP contribution >= 0.6 is 46.1 Å². The summed E-state index contributed by atoms with van der Waals surface area (Å²) in [5, 5.41) is 4.20. The fourth-order valence-electron chi connectivity index (χ4n) is 0.722. The quantitative estimate of drug-likeness (QED) is 0.282. The lowest BCUT2D eigenvalue weighted by atomic mass is 10.3. The summed E-state index contributed by atoms with van der Waals surface area (Å²) in [6.07, 6.45) is 0. The SMILES string of the molecule is O=C(Cl)/C(=N/OC(=O)C(Cl)Cl)c1cccs1. The summed E-state index contributed by atoms with van der Waals surface area (Å²) in [7, 11) is 0. The standard InChI is InChI=1S/C8H4Cl3NO3S/c9-6(10)8(14)15-12-5(7(11)13)4-2-1-3-16-4/h1-3,6H/b12-5+. The van der Waals surface area contributed by atoms with Crippen molar-refractivity contribution in [2.45, 2.75) is 4.84 Å². The lowest BCUT2D eigenvalue weighted by Crippen LogP contribution is -2.14. The van der Waals surface area contributed by atoms with Crippen LogP contribution in [0.3, 0.4) is 0 Å². The molecule has 0 saturated heterocycles. The van der Waals surface area contributed by atoms with Crippen LogP contribution in [0.5, 0.6) is 0 Å². The summed E-state index contributed by atoms with van der Waals surface area (Å²) >= 11 is 16.9. The van der Waals surface area contributed by atoms with Gasteiger partial charge >= 0.3 is 5.97 Å². The predicted molar refractivity (Wildman–Crippen MR) is 63.3 cm³/mol. The molecule has 0 unspecified atom stereocenters. The van der Waals surface area contributed by atoms with Crippen LogP contribution in [0.1, 0.15) is 4.88 Å². The highest BCUT2D eigenvalue weighted by molar-refractivity contribution is 7.14. The number of hydrogen-bond donors (Lipinski definition) is 0. The third-order valence-electron chi connectivity index (χ3n) is 1.35. The first-order valence-electron chi connectivity index (χ1n) is 3.83. The van der Waals surface area contributed by atoms with Gasteiger partial charge in [-0.05, 0) is 23.0 Å². The molecule has 8 heteroatoms. The van der Waals surface area contributed by atoms with Crippen molar-refractivity contribution in [1.82, 2.24) is 0 Å². The average molecular weight is 301 g/mol. The van der Waals surface area contributed by atoms with Gasteiger partial charge in [-0.15, -0.1) is 11.3 Å². The van der Waals surface area contributed by atoms with E-state index in [0.29, 0.717) is 4.88 Å². The largest absolute Gasteiger partial charge is 0.367 e. The van der Waals surface area contributed by atoms with Gasteiger partial charge in [0.05, 0.1) is 4.88 Å². The number of rotatable bonds is 4. The Hall–Kier alpha value is -0.620. The van der Waals surface area contributed by atoms with Crippen LogP contribution in [-0.2, 0) is 14.4 Å². The number of carbonyl (C=O) groups is 2. The molecule has 0 saturated carbocycles. The molecule has 0 aromatic carbocycles. The molecular weight excluding hydrogens is 297 g/mol. The second-order valence-corrected chi connectivity index (χ2v) is 4.79. The Morgan fingerprint density at radius 2 is 2.12 bits per heavy atom. The molecule has 0 aliphatic carbocycles. The molecule has 0 N–H and O–H groups in total. The smallest absolute Gasteiger partial charge is 0.314 e. The lowest BCUT2D eigenvalue weighted by molar-refractivity contribution is -0.141. The molecule has 16 heavy (non-hydrogen) atoms. The van der Waals surface area contributed by atoms with Gasteiger partial charge in [-0.25, -0.2) is 4.79 Å². The number of thiophene rings is 1. The number of halogens is 3. The Morgan fingerprint density at radius 3 is 2.56 bits per heavy atom. The summed E-state index contributed by atoms with van der Waals surface area (Å²) < 4.78 is 0. The molecule has 0 bridgehead atoms. The fourth-order valence-corrected chi connectivity index (χ4v) is 1.70. The molecule has 0 radical (unpaired) electrons. The van der Waals surface area contributed by atoms with Gasteiger partial charge < -0.3 is 4.84 Å². The van der Waals surface area contributed by atoms with Crippen LogP contribution in [0.25, 0.3) is 0 Å². The first-order chi connectivity index (χ1) is 7.52. The van der Waals surface area contributed by atoms with Gasteiger partial charge in [0.2, 0.25) is 4.84 Å². The molecule has 0 aliphatic heterocycles. The minimum Gasteiger partial charge on any atom is -0.314 e. The van der Waals surface area contributed by atoms with E-state index in [-0.39, 0.29) is 5.71 Å². The number of hydrogen-bond acceptors (Lipinski definition) is 5. The molecule has 0 spiro atoms. The first-order valence-corrected chi connectivity index (χ1v) is 5.96. The normalized spacial score (nSPS) is 11.6. The van der Waals surface area contributed by atoms with Gasteiger partial charge in [-0.2, -0.15) is 0 Å². The molecule has 0 amide bonds. The van der Waals surface area contributed by atoms with Gasteiger partial charge in [0, 0.05) is 0 Å². The molecular formula is C8H4Cl3NO3S. The van der Waals surface area contributed by atoms with E-state index in [9.17, 15) is 9.59 Å². The van der Waals surface area contributed by atoms with Crippen molar-refractivity contribution in [3.05, 3.63) is 22.4 Å². The van der Waals surface area contributed by atoms with Gasteiger partial charge in [0.1, 0.15) is 0 Å². The molecule has 1 aromatic heterocycles. The second-order valence-electron chi connectivity index (χ2n) is 2.40. The molecule has 86 valence electrons. The third kappa shape index (κ3) is 3.75. The van der Waals surface area contributed by atoms with E-state index in [2.05, 4.69) is 9.99 Å². The number of nitrogens with zero attached hydrogens (tertiary/aromatic N) is 1. The van der Waals surface area contributed by atoms with Crippen molar-refractivity contribution >= 4 is 63.1 Å². The monoisotopic (exact) mass is 299 g/mol. The van der Waals surface area contributed by atoms with E-state index in [4.69, 9.17) is 34.8 Å². The zero-order chi connectivity index (χ0) is 12.1. The molecule has 1 rings (SSSR count). The highest BCUT2D eigenvalue weighted by atomic mass is 35.5. The molecule has 0 fully saturated rings. The van der Waals surface area contributed by atoms with E-state index in [1.165, 1.54) is 11.3 Å². The van der Waals surface area contributed by atoms with E-state index in [1.54, 1.807) is 17.5 Å². The van der Waals surface area contributed by atoms with Crippen molar-refractivity contribution in [3.8, 4) is 0 Å². The number of carbonyl (C=O) groups excluding carboxylic acids is 2. The van der Waals surface area contributed by atoms with Crippen LogP contribution in [0.2, 0.25) is 0 Å². The zero-order valence-electron chi connectivity index (χ0n) is 7.52. The van der Waals surface area contributed by atoms with Crippen molar-refractivity contribution < 1.29 is 14.4 Å². The molecule has 1 aromatic rings. The Kier molecular flexibility index (Phi) is 5.21. The summed E-state index contributed by atoms with van der Waals surface area (Å²) in [5.41, 5.74) is -0.168. The Labute approximate surface area is 110 Å².